The number of anilines is 1. The lowest BCUT2D eigenvalue weighted by Gasteiger charge is -2.16. The highest BCUT2D eigenvalue weighted by molar-refractivity contribution is 6.09. The number of nitrogen functional groups attached to an aromatic ring is 1. The molecule has 2 amide bonds. The van der Waals surface area contributed by atoms with Crippen LogP contribution in [-0.4, -0.2) is 71.5 Å². The van der Waals surface area contributed by atoms with Crippen molar-refractivity contribution in [3.05, 3.63) is 53.4 Å². The van der Waals surface area contributed by atoms with Gasteiger partial charge in [0.2, 0.25) is 12.2 Å². The van der Waals surface area contributed by atoms with E-state index in [4.69, 9.17) is 15.2 Å². The zero-order valence-electron chi connectivity index (χ0n) is 21.7. The number of aromatic nitrogens is 3. The van der Waals surface area contributed by atoms with Crippen molar-refractivity contribution in [1.82, 2.24) is 25.0 Å². The molecule has 10 nitrogen and oxygen atoms in total. The molecule has 1 aliphatic rings. The smallest absolute Gasteiger partial charge is 0.287 e. The highest BCUT2D eigenvalue weighted by atomic mass is 19.3. The molecule has 0 radical (unpaired) electrons. The van der Waals surface area contributed by atoms with E-state index in [-0.39, 0.29) is 58.5 Å². The van der Waals surface area contributed by atoms with Gasteiger partial charge in [-0.1, -0.05) is 12.5 Å². The van der Waals surface area contributed by atoms with Crippen LogP contribution in [0.2, 0.25) is 0 Å². The highest BCUT2D eigenvalue weighted by Gasteiger charge is 2.32. The van der Waals surface area contributed by atoms with E-state index in [1.807, 2.05) is 0 Å². The second-order valence-corrected chi connectivity index (χ2v) is 8.75. The second kappa shape index (κ2) is 11.7. The number of fused-ring (bicyclic) bond motifs is 1. The quantitative estimate of drug-likeness (QED) is 0.191. The number of halogens is 5. The van der Waals surface area contributed by atoms with E-state index < -0.39 is 41.9 Å². The van der Waals surface area contributed by atoms with Crippen LogP contribution in [0.15, 0.2) is 24.9 Å². The minimum Gasteiger partial charge on any atom is -0.493 e. The first kappa shape index (κ1) is 29.1. The number of ether oxygens (including phenoxy) is 2. The Morgan fingerprint density at radius 3 is 2.44 bits per heavy atom. The zero-order chi connectivity index (χ0) is 30.0. The molecule has 15 heteroatoms. The van der Waals surface area contributed by atoms with Gasteiger partial charge in [0.15, 0.2) is 23.1 Å². The lowest BCUT2D eigenvalue weighted by molar-refractivity contribution is -0.125. The van der Waals surface area contributed by atoms with Gasteiger partial charge < -0.3 is 25.4 Å². The number of alkyl halides is 3. The Morgan fingerprint density at radius 2 is 1.85 bits per heavy atom. The van der Waals surface area contributed by atoms with Gasteiger partial charge in [-0.2, -0.15) is 5.10 Å². The number of nitrogens with two attached hydrogens (primary N) is 1. The van der Waals surface area contributed by atoms with Gasteiger partial charge >= 0.3 is 0 Å². The molecule has 2 atom stereocenters. The molecule has 2 aromatic heterocycles. The molecule has 4 rings (SSSR count). The lowest BCUT2D eigenvalue weighted by Crippen LogP contribution is -2.37. The first-order valence-electron chi connectivity index (χ1n) is 11.9. The van der Waals surface area contributed by atoms with E-state index in [1.165, 1.54) is 23.8 Å². The molecule has 0 spiro atoms. The molecule has 3 aromatic rings. The van der Waals surface area contributed by atoms with E-state index in [2.05, 4.69) is 28.5 Å². The number of rotatable bonds is 7. The molecule has 0 aliphatic carbocycles. The van der Waals surface area contributed by atoms with Gasteiger partial charge in [0.1, 0.15) is 17.1 Å². The van der Waals surface area contributed by atoms with E-state index in [1.54, 1.807) is 5.32 Å². The Labute approximate surface area is 229 Å². The predicted octanol–water partition coefficient (Wildman–Crippen LogP) is 2.96. The van der Waals surface area contributed by atoms with Gasteiger partial charge in [0.25, 0.3) is 12.3 Å². The van der Waals surface area contributed by atoms with Gasteiger partial charge in [-0.15, -0.1) is 0 Å². The first-order valence-corrected chi connectivity index (χ1v) is 11.9. The highest BCUT2D eigenvalue weighted by Crippen LogP contribution is 2.33. The number of nitrogens with zero attached hydrogens (tertiary/aromatic N) is 4. The number of hydrogen-bond donors (Lipinski definition) is 2. The molecule has 41 heavy (non-hydrogen) atoms. The third kappa shape index (κ3) is 5.45. The molecule has 3 N–H and O–H groups in total. The van der Waals surface area contributed by atoms with Crippen molar-refractivity contribution in [3.63, 3.8) is 0 Å². The van der Waals surface area contributed by atoms with Crippen molar-refractivity contribution in [2.45, 2.75) is 25.2 Å². The molecular formula is C26H23F5N6O4. The fraction of sp³-hybridized carbons (Fsp3) is 0.308. The van der Waals surface area contributed by atoms with E-state index in [0.29, 0.717) is 6.42 Å². The summed E-state index contributed by atoms with van der Waals surface area (Å²) in [6.45, 7) is 3.85. The second-order valence-electron chi connectivity index (χ2n) is 8.75. The fourth-order valence-electron chi connectivity index (χ4n) is 4.37. The molecule has 1 fully saturated rings. The third-order valence-corrected chi connectivity index (χ3v) is 6.36. The fourth-order valence-corrected chi connectivity index (χ4v) is 4.37. The van der Waals surface area contributed by atoms with Crippen LogP contribution in [-0.2, 0) is 4.79 Å². The topological polar surface area (TPSA) is 125 Å². The maximum Gasteiger partial charge on any atom is 0.287 e. The Kier molecular flexibility index (Phi) is 8.31. The number of carbonyl (C=O) groups is 2. The van der Waals surface area contributed by atoms with Crippen LogP contribution in [0.3, 0.4) is 0 Å². The van der Waals surface area contributed by atoms with Crippen LogP contribution in [0.25, 0.3) is 10.9 Å². The average Bonchev–Trinajstić information content (AvgIpc) is 3.59. The summed E-state index contributed by atoms with van der Waals surface area (Å²) >= 11 is 0. The molecule has 0 bridgehead atoms. The third-order valence-electron chi connectivity index (χ3n) is 6.36. The Hall–Kier alpha value is -4.87. The number of methoxy groups -OCH3 is 2. The molecule has 216 valence electrons. The standard InChI is InChI=1S/C26H23F5N6O4/c1-4-18(38)36-8-7-12(11-36)37-22-14(26(39)34-24(31)23(29)30)10-33-25(32)19(22)15(35-37)6-5-13-20(27)16(40-2)9-17(41-3)21(13)28/h4,9-10,12,23-24H,1,7-8,11H2,2-3H3,(H2,32,33)(H,34,39). The number of amides is 2. The minimum atomic E-state index is -3.50. The molecule has 3 heterocycles. The summed E-state index contributed by atoms with van der Waals surface area (Å²) < 4.78 is 80.3. The molecule has 1 aliphatic heterocycles. The number of benzene rings is 1. The van der Waals surface area contributed by atoms with Crippen LogP contribution >= 0.6 is 0 Å². The van der Waals surface area contributed by atoms with Crippen molar-refractivity contribution < 1.29 is 41.0 Å². The Morgan fingerprint density at radius 1 is 1.20 bits per heavy atom. The van der Waals surface area contributed by atoms with Crippen LogP contribution in [0.1, 0.15) is 34.1 Å². The molecular weight excluding hydrogens is 555 g/mol. The summed E-state index contributed by atoms with van der Waals surface area (Å²) in [7, 11) is 2.33. The zero-order valence-corrected chi connectivity index (χ0v) is 21.7. The summed E-state index contributed by atoms with van der Waals surface area (Å²) in [5, 5.41) is 5.89. The van der Waals surface area contributed by atoms with Crippen LogP contribution < -0.4 is 20.5 Å². The first-order chi connectivity index (χ1) is 19.5. The number of hydrogen-bond acceptors (Lipinski definition) is 7. The van der Waals surface area contributed by atoms with E-state index in [9.17, 15) is 31.5 Å². The van der Waals surface area contributed by atoms with Crippen LogP contribution in [0, 0.1) is 23.5 Å². The normalized spacial score (nSPS) is 15.4. The van der Waals surface area contributed by atoms with E-state index in [0.717, 1.165) is 18.3 Å². The molecule has 1 saturated heterocycles. The van der Waals surface area contributed by atoms with Crippen molar-refractivity contribution in [3.8, 4) is 23.3 Å². The van der Waals surface area contributed by atoms with Crippen LogP contribution in [0.5, 0.6) is 11.5 Å². The summed E-state index contributed by atoms with van der Waals surface area (Å²) in [6, 6.07) is 0.424. The molecule has 0 saturated carbocycles. The summed E-state index contributed by atoms with van der Waals surface area (Å²) in [6.07, 6.45) is -4.06. The van der Waals surface area contributed by atoms with Crippen molar-refractivity contribution >= 4 is 28.5 Å². The van der Waals surface area contributed by atoms with E-state index >= 15 is 0 Å². The monoisotopic (exact) mass is 578 g/mol. The summed E-state index contributed by atoms with van der Waals surface area (Å²) in [4.78, 5) is 30.4. The largest absolute Gasteiger partial charge is 0.493 e. The number of carbonyl (C=O) groups excluding carboxylic acids is 2. The summed E-state index contributed by atoms with van der Waals surface area (Å²) in [5.74, 6) is 0.117. The van der Waals surface area contributed by atoms with Gasteiger partial charge in [-0.25, -0.2) is 26.9 Å². The maximum atomic E-state index is 14.9. The maximum absolute atomic E-state index is 14.9. The van der Waals surface area contributed by atoms with Crippen LogP contribution in [0.4, 0.5) is 27.8 Å². The summed E-state index contributed by atoms with van der Waals surface area (Å²) in [5.41, 5.74) is 4.76. The van der Waals surface area contributed by atoms with Gasteiger partial charge in [0, 0.05) is 25.4 Å². The van der Waals surface area contributed by atoms with Gasteiger partial charge in [0.05, 0.1) is 36.7 Å². The number of likely N-dealkylation sites (tertiary alicyclic amines) is 1. The van der Waals surface area contributed by atoms with Gasteiger partial charge in [-0.05, 0) is 18.4 Å². The van der Waals surface area contributed by atoms with Gasteiger partial charge in [-0.3, -0.25) is 14.3 Å². The number of nitrogens with one attached hydrogen (secondary N) is 1. The van der Waals surface area contributed by atoms with Crippen molar-refractivity contribution in [2.24, 2.45) is 0 Å². The average molecular weight is 578 g/mol. The predicted molar refractivity (Wildman–Crippen MR) is 136 cm³/mol. The Bertz CT molecular complexity index is 1570. The van der Waals surface area contributed by atoms with Crippen molar-refractivity contribution in [2.75, 3.05) is 33.0 Å². The lowest BCUT2D eigenvalue weighted by atomic mass is 10.1. The minimum absolute atomic E-state index is 0.0529. The number of pyridine rings is 1. The molecule has 2 unspecified atom stereocenters. The Balaban J connectivity index is 1.93. The molecule has 1 aromatic carbocycles. The van der Waals surface area contributed by atoms with Crippen molar-refractivity contribution in [1.29, 1.82) is 0 Å². The SMILES string of the molecule is C=CC(=O)N1CCC(n2nc(C#Cc3c(F)c(OC)cc(OC)c3F)c3c(N)ncc(C(=O)NC(F)C(F)F)c32)C1.